The number of carbonyl (C=O) groups excluding carboxylic acids is 2. The zero-order valence-corrected chi connectivity index (χ0v) is 12.9. The highest BCUT2D eigenvalue weighted by Crippen LogP contribution is 2.20. The molecule has 1 atom stereocenters. The van der Waals surface area contributed by atoms with Gasteiger partial charge in [-0.3, -0.25) is 19.9 Å². The summed E-state index contributed by atoms with van der Waals surface area (Å²) in [5.74, 6) is -0.675. The number of ether oxygens (including phenoxy) is 1. The van der Waals surface area contributed by atoms with Crippen LogP contribution in [-0.2, 0) is 20.9 Å². The molecule has 9 heteroatoms. The van der Waals surface area contributed by atoms with Gasteiger partial charge in [-0.1, -0.05) is 0 Å². The number of fused-ring (bicyclic) bond motifs is 1. The summed E-state index contributed by atoms with van der Waals surface area (Å²) in [5.41, 5.74) is 0.934. The fraction of sp³-hybridized carbons (Fsp3) is 0.333. The van der Waals surface area contributed by atoms with Gasteiger partial charge in [-0.25, -0.2) is 9.36 Å². The topological polar surface area (TPSA) is 114 Å². The molecular formula is C15H16N4O5. The quantitative estimate of drug-likeness (QED) is 0.763. The van der Waals surface area contributed by atoms with Crippen LogP contribution in [0.15, 0.2) is 24.5 Å². The smallest absolute Gasteiger partial charge is 0.416 e. The predicted molar refractivity (Wildman–Crippen MR) is 82.4 cm³/mol. The number of rotatable bonds is 3. The second-order valence-corrected chi connectivity index (χ2v) is 5.42. The highest BCUT2D eigenvalue weighted by Gasteiger charge is 2.31. The Hall–Kier alpha value is -2.94. The van der Waals surface area contributed by atoms with Gasteiger partial charge in [0.05, 0.1) is 25.7 Å². The Morgan fingerprint density at radius 1 is 1.50 bits per heavy atom. The standard InChI is InChI=1S/C15H16N4O5/c1-24-14(21)11-8-18(13(20)6-17-11)7-10-4-9-5-16-3-2-12(9)19(10)15(22)23/h2-5,11,17H,6-8H2,1H3,(H,22,23). The summed E-state index contributed by atoms with van der Waals surface area (Å²) >= 11 is 0. The average molecular weight is 332 g/mol. The highest BCUT2D eigenvalue weighted by atomic mass is 16.5. The van der Waals surface area contributed by atoms with Crippen LogP contribution in [0.25, 0.3) is 10.9 Å². The Kier molecular flexibility index (Phi) is 4.17. The third kappa shape index (κ3) is 2.81. The highest BCUT2D eigenvalue weighted by molar-refractivity contribution is 5.90. The second kappa shape index (κ2) is 6.28. The van der Waals surface area contributed by atoms with Crippen molar-refractivity contribution in [2.24, 2.45) is 0 Å². The van der Waals surface area contributed by atoms with E-state index in [9.17, 15) is 19.5 Å². The van der Waals surface area contributed by atoms with Crippen molar-refractivity contribution in [2.75, 3.05) is 20.2 Å². The molecule has 0 spiro atoms. The van der Waals surface area contributed by atoms with Gasteiger partial charge < -0.3 is 14.7 Å². The van der Waals surface area contributed by atoms with Crippen LogP contribution < -0.4 is 5.32 Å². The molecule has 2 N–H and O–H groups in total. The molecule has 1 fully saturated rings. The minimum atomic E-state index is -1.14. The van der Waals surface area contributed by atoms with Crippen molar-refractivity contribution in [1.29, 1.82) is 0 Å². The summed E-state index contributed by atoms with van der Waals surface area (Å²) in [6, 6.07) is 2.65. The maximum Gasteiger partial charge on any atom is 0.416 e. The second-order valence-electron chi connectivity index (χ2n) is 5.42. The van der Waals surface area contributed by atoms with Crippen LogP contribution in [0.4, 0.5) is 4.79 Å². The molecule has 0 radical (unpaired) electrons. The molecule has 1 unspecified atom stereocenters. The fourth-order valence-electron chi connectivity index (χ4n) is 2.81. The number of methoxy groups -OCH3 is 1. The lowest BCUT2D eigenvalue weighted by molar-refractivity contribution is -0.147. The molecule has 3 rings (SSSR count). The third-order valence-electron chi connectivity index (χ3n) is 3.96. The van der Waals surface area contributed by atoms with E-state index < -0.39 is 18.1 Å². The Morgan fingerprint density at radius 3 is 3.00 bits per heavy atom. The number of amides is 1. The number of esters is 1. The van der Waals surface area contributed by atoms with Crippen molar-refractivity contribution in [1.82, 2.24) is 19.8 Å². The van der Waals surface area contributed by atoms with E-state index >= 15 is 0 Å². The van der Waals surface area contributed by atoms with Crippen LogP contribution in [0.2, 0.25) is 0 Å². The van der Waals surface area contributed by atoms with Crippen LogP contribution in [0.1, 0.15) is 5.69 Å². The maximum atomic E-state index is 12.1. The van der Waals surface area contributed by atoms with E-state index in [0.29, 0.717) is 16.6 Å². The summed E-state index contributed by atoms with van der Waals surface area (Å²) in [6.07, 6.45) is 1.93. The Labute approximate surface area is 136 Å². The monoisotopic (exact) mass is 332 g/mol. The lowest BCUT2D eigenvalue weighted by Gasteiger charge is -2.32. The van der Waals surface area contributed by atoms with Gasteiger partial charge in [-0.15, -0.1) is 0 Å². The number of pyridine rings is 1. The molecule has 24 heavy (non-hydrogen) atoms. The first-order valence-corrected chi connectivity index (χ1v) is 7.28. The van der Waals surface area contributed by atoms with E-state index in [-0.39, 0.29) is 25.5 Å². The first-order valence-electron chi connectivity index (χ1n) is 7.28. The van der Waals surface area contributed by atoms with Gasteiger partial charge in [-0.2, -0.15) is 0 Å². The largest absolute Gasteiger partial charge is 0.468 e. The first-order chi connectivity index (χ1) is 11.5. The number of nitrogens with one attached hydrogen (secondary N) is 1. The average Bonchev–Trinajstić information content (AvgIpc) is 2.94. The van der Waals surface area contributed by atoms with Gasteiger partial charge in [-0.05, 0) is 12.1 Å². The molecule has 0 saturated carbocycles. The molecule has 1 saturated heterocycles. The molecular weight excluding hydrogens is 316 g/mol. The molecule has 1 amide bonds. The van der Waals surface area contributed by atoms with Gasteiger partial charge in [0.2, 0.25) is 5.91 Å². The summed E-state index contributed by atoms with van der Waals surface area (Å²) in [4.78, 5) is 40.8. The van der Waals surface area contributed by atoms with Crippen LogP contribution in [0.5, 0.6) is 0 Å². The van der Waals surface area contributed by atoms with E-state index in [0.717, 1.165) is 4.57 Å². The van der Waals surface area contributed by atoms with E-state index in [4.69, 9.17) is 0 Å². The van der Waals surface area contributed by atoms with Crippen molar-refractivity contribution in [3.63, 3.8) is 0 Å². The number of hydrogen-bond acceptors (Lipinski definition) is 6. The van der Waals surface area contributed by atoms with Crippen molar-refractivity contribution >= 4 is 28.9 Å². The zero-order chi connectivity index (χ0) is 17.3. The van der Waals surface area contributed by atoms with Gasteiger partial charge in [0.15, 0.2) is 0 Å². The van der Waals surface area contributed by atoms with Crippen molar-refractivity contribution in [3.05, 3.63) is 30.2 Å². The van der Waals surface area contributed by atoms with Gasteiger partial charge >= 0.3 is 12.1 Å². The molecule has 0 aromatic carbocycles. The van der Waals surface area contributed by atoms with E-state index in [1.807, 2.05) is 0 Å². The molecule has 126 valence electrons. The van der Waals surface area contributed by atoms with Crippen molar-refractivity contribution in [2.45, 2.75) is 12.6 Å². The van der Waals surface area contributed by atoms with Crippen molar-refractivity contribution in [3.8, 4) is 0 Å². The molecule has 9 nitrogen and oxygen atoms in total. The van der Waals surface area contributed by atoms with E-state index in [2.05, 4.69) is 15.0 Å². The number of aromatic nitrogens is 2. The number of hydrogen-bond donors (Lipinski definition) is 2. The predicted octanol–water partition coefficient (Wildman–Crippen LogP) is 0.0358. The summed E-state index contributed by atoms with van der Waals surface area (Å²) in [6.45, 7) is 0.189. The molecule has 2 aromatic heterocycles. The van der Waals surface area contributed by atoms with Crippen molar-refractivity contribution < 1.29 is 24.2 Å². The molecule has 1 aliphatic rings. The summed E-state index contributed by atoms with van der Waals surface area (Å²) in [5, 5.41) is 12.9. The normalized spacial score (nSPS) is 18.0. The van der Waals surface area contributed by atoms with E-state index in [1.54, 1.807) is 18.3 Å². The van der Waals surface area contributed by atoms with Crippen LogP contribution in [-0.4, -0.2) is 63.8 Å². The minimum absolute atomic E-state index is 0.00534. The summed E-state index contributed by atoms with van der Waals surface area (Å²) < 4.78 is 5.81. The first kappa shape index (κ1) is 15.9. The molecule has 2 aromatic rings. The number of carbonyl (C=O) groups is 3. The number of carboxylic acid groups (broad SMARTS) is 1. The van der Waals surface area contributed by atoms with Crippen LogP contribution in [0.3, 0.4) is 0 Å². The third-order valence-corrected chi connectivity index (χ3v) is 3.96. The zero-order valence-electron chi connectivity index (χ0n) is 12.9. The SMILES string of the molecule is COC(=O)C1CN(Cc2cc3cnccc3n2C(=O)O)C(=O)CN1. The Morgan fingerprint density at radius 2 is 2.29 bits per heavy atom. The lowest BCUT2D eigenvalue weighted by atomic mass is 10.2. The lowest BCUT2D eigenvalue weighted by Crippen LogP contribution is -2.57. The van der Waals surface area contributed by atoms with Gasteiger partial charge in [0.1, 0.15) is 6.04 Å². The molecule has 0 bridgehead atoms. The van der Waals surface area contributed by atoms with Gasteiger partial charge in [0.25, 0.3) is 0 Å². The molecule has 3 heterocycles. The summed E-state index contributed by atoms with van der Waals surface area (Å²) in [7, 11) is 1.28. The Bertz CT molecular complexity index is 815. The van der Waals surface area contributed by atoms with Crippen LogP contribution in [0, 0.1) is 0 Å². The minimum Gasteiger partial charge on any atom is -0.468 e. The van der Waals surface area contributed by atoms with Crippen LogP contribution >= 0.6 is 0 Å². The number of piperazine rings is 1. The van der Waals surface area contributed by atoms with E-state index in [1.165, 1.54) is 18.2 Å². The molecule has 0 aliphatic carbocycles. The fourth-order valence-corrected chi connectivity index (χ4v) is 2.81. The number of nitrogens with zero attached hydrogens (tertiary/aromatic N) is 3. The van der Waals surface area contributed by atoms with Gasteiger partial charge in [0, 0.05) is 30.0 Å². The maximum absolute atomic E-state index is 12.1. The Balaban J connectivity index is 1.91. The molecule has 1 aliphatic heterocycles.